The number of rotatable bonds is 3. The molecule has 0 saturated carbocycles. The van der Waals surface area contributed by atoms with Crippen molar-refractivity contribution in [2.75, 3.05) is 5.32 Å². The molecule has 2 aromatic rings. The van der Waals surface area contributed by atoms with E-state index in [2.05, 4.69) is 10.4 Å². The van der Waals surface area contributed by atoms with Crippen LogP contribution in [0.1, 0.15) is 17.5 Å². The Hall–Kier alpha value is -3.45. The average Bonchev–Trinajstić information content (AvgIpc) is 3.21. The number of carbonyl (C=O) groups is 3. The molecule has 0 saturated heterocycles. The predicted molar refractivity (Wildman–Crippen MR) is 103 cm³/mol. The first-order chi connectivity index (χ1) is 13.4. The van der Waals surface area contributed by atoms with Gasteiger partial charge in [-0.25, -0.2) is 9.80 Å². The third-order valence-corrected chi connectivity index (χ3v) is 5.01. The Morgan fingerprint density at radius 2 is 1.86 bits per heavy atom. The number of hydrogen-bond donors (Lipinski definition) is 2. The number of hydrazone groups is 1. The summed E-state index contributed by atoms with van der Waals surface area (Å²) in [5.41, 5.74) is 1.09. The van der Waals surface area contributed by atoms with Crippen molar-refractivity contribution < 1.29 is 19.5 Å². The van der Waals surface area contributed by atoms with Gasteiger partial charge >= 0.3 is 5.97 Å². The van der Waals surface area contributed by atoms with Gasteiger partial charge in [0.05, 0.1) is 5.71 Å². The van der Waals surface area contributed by atoms with E-state index in [-0.39, 0.29) is 6.42 Å². The molecule has 0 bridgehead atoms. The van der Waals surface area contributed by atoms with E-state index in [4.69, 9.17) is 16.7 Å². The highest BCUT2D eigenvalue weighted by molar-refractivity contribution is 6.30. The van der Waals surface area contributed by atoms with Gasteiger partial charge in [0.25, 0.3) is 11.8 Å². The zero-order chi connectivity index (χ0) is 19.9. The highest BCUT2D eigenvalue weighted by atomic mass is 35.5. The van der Waals surface area contributed by atoms with Crippen LogP contribution < -0.4 is 5.32 Å². The van der Waals surface area contributed by atoms with Crippen LogP contribution in [0.25, 0.3) is 0 Å². The molecule has 2 amide bonds. The van der Waals surface area contributed by atoms with Gasteiger partial charge in [-0.2, -0.15) is 5.10 Å². The fourth-order valence-electron chi connectivity index (χ4n) is 3.50. The summed E-state index contributed by atoms with van der Waals surface area (Å²) in [6.07, 6.45) is 1.78. The number of halogens is 1. The molecule has 140 valence electrons. The highest BCUT2D eigenvalue weighted by Crippen LogP contribution is 2.47. The second-order valence-corrected chi connectivity index (χ2v) is 6.85. The number of carboxylic acids is 1. The summed E-state index contributed by atoms with van der Waals surface area (Å²) in [5, 5.41) is 17.7. The first kappa shape index (κ1) is 17.9. The summed E-state index contributed by atoms with van der Waals surface area (Å²) in [7, 11) is 0. The lowest BCUT2D eigenvalue weighted by Gasteiger charge is -2.29. The number of para-hydroxylation sites is 1. The molecular formula is C20H14ClN3O4. The number of aliphatic carboxylic acids is 1. The van der Waals surface area contributed by atoms with Gasteiger partial charge in [0.15, 0.2) is 5.54 Å². The summed E-state index contributed by atoms with van der Waals surface area (Å²) in [6, 6.07) is 14.0. The van der Waals surface area contributed by atoms with E-state index >= 15 is 0 Å². The first-order valence-corrected chi connectivity index (χ1v) is 8.79. The summed E-state index contributed by atoms with van der Waals surface area (Å²) in [4.78, 5) is 36.6. The van der Waals surface area contributed by atoms with Crippen molar-refractivity contribution in [2.24, 2.45) is 5.10 Å². The standard InChI is InChI=1S/C20H14ClN3O4/c21-13-7-5-12(6-8-13)16-11-20(24(23-16)17(25)9-10-18(26)27)14-3-1-2-4-15(14)22-19(20)28/h1-10H,11H2,(H,22,28)(H,26,27). The van der Waals surface area contributed by atoms with E-state index in [1.165, 1.54) is 0 Å². The maximum Gasteiger partial charge on any atom is 0.328 e. The van der Waals surface area contributed by atoms with Gasteiger partial charge in [-0.15, -0.1) is 0 Å². The van der Waals surface area contributed by atoms with Crippen molar-refractivity contribution in [1.82, 2.24) is 5.01 Å². The molecule has 0 aliphatic carbocycles. The molecule has 1 spiro atoms. The minimum Gasteiger partial charge on any atom is -0.478 e. The number of amides is 2. The predicted octanol–water partition coefficient (Wildman–Crippen LogP) is 2.76. The average molecular weight is 396 g/mol. The number of nitrogens with zero attached hydrogens (tertiary/aromatic N) is 2. The van der Waals surface area contributed by atoms with Crippen LogP contribution in [0.4, 0.5) is 5.69 Å². The number of carbonyl (C=O) groups excluding carboxylic acids is 2. The van der Waals surface area contributed by atoms with E-state index in [0.29, 0.717) is 22.0 Å². The molecule has 7 nitrogen and oxygen atoms in total. The van der Waals surface area contributed by atoms with Gasteiger partial charge < -0.3 is 10.4 Å². The lowest BCUT2D eigenvalue weighted by Crippen LogP contribution is -2.48. The number of hydrogen-bond acceptors (Lipinski definition) is 4. The Labute approximate surface area is 164 Å². The molecule has 2 aliphatic heterocycles. The number of fused-ring (bicyclic) bond motifs is 2. The molecule has 0 aromatic heterocycles. The lowest BCUT2D eigenvalue weighted by molar-refractivity contribution is -0.140. The second kappa shape index (κ2) is 6.61. The molecule has 28 heavy (non-hydrogen) atoms. The van der Waals surface area contributed by atoms with Gasteiger partial charge in [0.2, 0.25) is 0 Å². The van der Waals surface area contributed by atoms with Crippen LogP contribution in [-0.2, 0) is 19.9 Å². The van der Waals surface area contributed by atoms with Crippen molar-refractivity contribution in [3.05, 3.63) is 76.8 Å². The van der Waals surface area contributed by atoms with Crippen LogP contribution in [0.2, 0.25) is 5.02 Å². The quantitative estimate of drug-likeness (QED) is 0.780. The molecular weight excluding hydrogens is 382 g/mol. The van der Waals surface area contributed by atoms with Gasteiger partial charge in [0, 0.05) is 34.8 Å². The third-order valence-electron chi connectivity index (χ3n) is 4.76. The smallest absolute Gasteiger partial charge is 0.328 e. The number of benzene rings is 2. The van der Waals surface area contributed by atoms with E-state index in [1.807, 2.05) is 0 Å². The minimum atomic E-state index is -1.37. The monoisotopic (exact) mass is 395 g/mol. The minimum absolute atomic E-state index is 0.157. The zero-order valence-electron chi connectivity index (χ0n) is 14.4. The van der Waals surface area contributed by atoms with Crippen molar-refractivity contribution in [3.63, 3.8) is 0 Å². The molecule has 0 radical (unpaired) electrons. The molecule has 1 unspecified atom stereocenters. The first-order valence-electron chi connectivity index (χ1n) is 8.41. The topological polar surface area (TPSA) is 99.1 Å². The fourth-order valence-corrected chi connectivity index (χ4v) is 3.62. The van der Waals surface area contributed by atoms with Crippen LogP contribution in [-0.4, -0.2) is 33.6 Å². The van der Waals surface area contributed by atoms with Crippen molar-refractivity contribution in [1.29, 1.82) is 0 Å². The van der Waals surface area contributed by atoms with E-state index in [9.17, 15) is 14.4 Å². The van der Waals surface area contributed by atoms with Crippen molar-refractivity contribution >= 4 is 40.8 Å². The molecule has 2 aromatic carbocycles. The largest absolute Gasteiger partial charge is 0.478 e. The summed E-state index contributed by atoms with van der Waals surface area (Å²) in [5.74, 6) is -2.35. The third kappa shape index (κ3) is 2.76. The SMILES string of the molecule is O=C(O)C=CC(=O)N1N=C(c2ccc(Cl)cc2)CC12C(=O)Nc1ccccc12. The Morgan fingerprint density at radius 3 is 2.57 bits per heavy atom. The fraction of sp³-hybridized carbons (Fsp3) is 0.100. The van der Waals surface area contributed by atoms with Crippen molar-refractivity contribution in [2.45, 2.75) is 12.0 Å². The van der Waals surface area contributed by atoms with E-state index < -0.39 is 23.3 Å². The van der Waals surface area contributed by atoms with E-state index in [1.54, 1.807) is 48.5 Å². The Bertz CT molecular complexity index is 1060. The van der Waals surface area contributed by atoms with Crippen LogP contribution in [0.3, 0.4) is 0 Å². The van der Waals surface area contributed by atoms with Gasteiger partial charge in [0.1, 0.15) is 0 Å². The normalized spacial score (nSPS) is 20.4. The summed E-state index contributed by atoms with van der Waals surface area (Å²) in [6.45, 7) is 0. The maximum absolute atomic E-state index is 13.0. The molecule has 2 aliphatic rings. The second-order valence-electron chi connectivity index (χ2n) is 6.41. The number of carboxylic acid groups (broad SMARTS) is 1. The van der Waals surface area contributed by atoms with Crippen LogP contribution in [0.15, 0.2) is 65.8 Å². The summed E-state index contributed by atoms with van der Waals surface area (Å²) < 4.78 is 0. The molecule has 8 heteroatoms. The molecule has 2 heterocycles. The highest BCUT2D eigenvalue weighted by Gasteiger charge is 2.57. The maximum atomic E-state index is 13.0. The Balaban J connectivity index is 1.84. The molecule has 1 atom stereocenters. The Morgan fingerprint density at radius 1 is 1.14 bits per heavy atom. The molecule has 2 N–H and O–H groups in total. The Kier molecular flexibility index (Phi) is 4.24. The van der Waals surface area contributed by atoms with Gasteiger partial charge in [-0.1, -0.05) is 41.9 Å². The molecule has 0 fully saturated rings. The van der Waals surface area contributed by atoms with Crippen LogP contribution in [0.5, 0.6) is 0 Å². The molecule has 4 rings (SSSR count). The lowest BCUT2D eigenvalue weighted by atomic mass is 9.85. The van der Waals surface area contributed by atoms with Crippen LogP contribution in [0, 0.1) is 0 Å². The van der Waals surface area contributed by atoms with Crippen LogP contribution >= 0.6 is 11.6 Å². The van der Waals surface area contributed by atoms with Crippen molar-refractivity contribution in [3.8, 4) is 0 Å². The number of nitrogens with one attached hydrogen (secondary N) is 1. The van der Waals surface area contributed by atoms with Gasteiger partial charge in [-0.3, -0.25) is 9.59 Å². The van der Waals surface area contributed by atoms with E-state index in [0.717, 1.165) is 22.7 Å². The number of anilines is 1. The van der Waals surface area contributed by atoms with Gasteiger partial charge in [-0.05, 0) is 23.8 Å². The zero-order valence-corrected chi connectivity index (χ0v) is 15.2. The summed E-state index contributed by atoms with van der Waals surface area (Å²) >= 11 is 5.95.